The average molecular weight is 126 g/mol. The molecule has 1 aromatic rings. The van der Waals surface area contributed by atoms with Crippen LogP contribution in [0, 0.1) is 6.92 Å². The van der Waals surface area contributed by atoms with Crippen LogP contribution in [0.5, 0.6) is 0 Å². The molecule has 0 fully saturated rings. The molecule has 0 amide bonds. The fourth-order valence-corrected chi connectivity index (χ4v) is 1.14. The SMILES string of the molecule is [CH2]C(C)c1cscn1. The van der Waals surface area contributed by atoms with E-state index < -0.39 is 0 Å². The van der Waals surface area contributed by atoms with Crippen molar-refractivity contribution in [2.24, 2.45) is 0 Å². The first kappa shape index (κ1) is 5.76. The Morgan fingerprint density at radius 1 is 1.88 bits per heavy atom. The molecule has 1 atom stereocenters. The standard InChI is InChI=1S/C6H8NS/c1-5(2)6-3-8-4-7-6/h3-5H,1H2,2H3. The van der Waals surface area contributed by atoms with Crippen molar-refractivity contribution in [1.82, 2.24) is 4.98 Å². The minimum Gasteiger partial charge on any atom is -0.249 e. The maximum Gasteiger partial charge on any atom is 0.0794 e. The van der Waals surface area contributed by atoms with Gasteiger partial charge >= 0.3 is 0 Å². The minimum atomic E-state index is 0.334. The third-order valence-corrected chi connectivity index (χ3v) is 1.56. The van der Waals surface area contributed by atoms with Gasteiger partial charge in [0.25, 0.3) is 0 Å². The van der Waals surface area contributed by atoms with E-state index in [1.165, 1.54) is 0 Å². The molecular weight excluding hydrogens is 118 g/mol. The molecule has 0 bridgehead atoms. The van der Waals surface area contributed by atoms with E-state index in [0.717, 1.165) is 5.69 Å². The highest BCUT2D eigenvalue weighted by molar-refractivity contribution is 7.07. The molecule has 1 radical (unpaired) electrons. The summed E-state index contributed by atoms with van der Waals surface area (Å²) in [5.74, 6) is 0.334. The number of rotatable bonds is 1. The molecule has 1 rings (SSSR count). The predicted molar refractivity (Wildman–Crippen MR) is 35.9 cm³/mol. The number of aromatic nitrogens is 1. The first-order valence-corrected chi connectivity index (χ1v) is 3.46. The fraction of sp³-hybridized carbons (Fsp3) is 0.333. The minimum absolute atomic E-state index is 0.334. The Hall–Kier alpha value is -0.370. The second kappa shape index (κ2) is 2.27. The summed E-state index contributed by atoms with van der Waals surface area (Å²) in [6.45, 7) is 5.86. The molecule has 0 N–H and O–H groups in total. The summed E-state index contributed by atoms with van der Waals surface area (Å²) in [4.78, 5) is 4.07. The Kier molecular flexibility index (Phi) is 1.63. The molecule has 0 aliphatic heterocycles. The van der Waals surface area contributed by atoms with Crippen LogP contribution in [0.2, 0.25) is 0 Å². The lowest BCUT2D eigenvalue weighted by atomic mass is 10.2. The van der Waals surface area contributed by atoms with Crippen molar-refractivity contribution in [3.05, 3.63) is 23.5 Å². The highest BCUT2D eigenvalue weighted by atomic mass is 32.1. The fourth-order valence-electron chi connectivity index (χ4n) is 0.465. The molecule has 1 aromatic heterocycles. The molecule has 2 heteroatoms. The summed E-state index contributed by atoms with van der Waals surface area (Å²) < 4.78 is 0. The number of nitrogens with zero attached hydrogens (tertiary/aromatic N) is 1. The van der Waals surface area contributed by atoms with Gasteiger partial charge in [0, 0.05) is 5.38 Å². The largest absolute Gasteiger partial charge is 0.249 e. The Morgan fingerprint density at radius 3 is 2.88 bits per heavy atom. The van der Waals surface area contributed by atoms with E-state index in [2.05, 4.69) is 11.9 Å². The van der Waals surface area contributed by atoms with Crippen molar-refractivity contribution in [1.29, 1.82) is 0 Å². The second-order valence-electron chi connectivity index (χ2n) is 1.81. The molecule has 43 valence electrons. The van der Waals surface area contributed by atoms with E-state index >= 15 is 0 Å². The van der Waals surface area contributed by atoms with Crippen molar-refractivity contribution in [3.63, 3.8) is 0 Å². The van der Waals surface area contributed by atoms with E-state index in [1.54, 1.807) is 11.3 Å². The molecule has 0 saturated heterocycles. The quantitative estimate of drug-likeness (QED) is 0.561. The van der Waals surface area contributed by atoms with E-state index in [1.807, 2.05) is 17.8 Å². The smallest absolute Gasteiger partial charge is 0.0794 e. The highest BCUT2D eigenvalue weighted by Crippen LogP contribution is 2.11. The van der Waals surface area contributed by atoms with Crippen LogP contribution in [-0.4, -0.2) is 4.98 Å². The molecule has 0 saturated carbocycles. The molecule has 1 unspecified atom stereocenters. The van der Waals surface area contributed by atoms with Crippen molar-refractivity contribution < 1.29 is 0 Å². The first-order chi connectivity index (χ1) is 3.80. The van der Waals surface area contributed by atoms with Crippen molar-refractivity contribution in [2.75, 3.05) is 0 Å². The molecule has 0 aliphatic carbocycles. The van der Waals surface area contributed by atoms with Crippen LogP contribution in [0.15, 0.2) is 10.9 Å². The Labute approximate surface area is 53.4 Å². The van der Waals surface area contributed by atoms with Crippen molar-refractivity contribution in [2.45, 2.75) is 12.8 Å². The Bertz CT molecular complexity index is 144. The summed E-state index contributed by atoms with van der Waals surface area (Å²) in [7, 11) is 0. The molecule has 0 aromatic carbocycles. The summed E-state index contributed by atoms with van der Waals surface area (Å²) in [6.07, 6.45) is 0. The molecule has 8 heavy (non-hydrogen) atoms. The maximum absolute atomic E-state index is 4.07. The molecule has 1 heterocycles. The van der Waals surface area contributed by atoms with Crippen LogP contribution in [0.4, 0.5) is 0 Å². The van der Waals surface area contributed by atoms with Gasteiger partial charge in [-0.1, -0.05) is 6.92 Å². The van der Waals surface area contributed by atoms with Crippen molar-refractivity contribution >= 4 is 11.3 Å². The number of hydrogen-bond donors (Lipinski definition) is 0. The van der Waals surface area contributed by atoms with Gasteiger partial charge in [-0.2, -0.15) is 0 Å². The van der Waals surface area contributed by atoms with Gasteiger partial charge in [-0.25, -0.2) is 4.98 Å². The van der Waals surface area contributed by atoms with E-state index in [9.17, 15) is 0 Å². The third kappa shape index (κ3) is 1.07. The van der Waals surface area contributed by atoms with Gasteiger partial charge in [0.1, 0.15) is 0 Å². The van der Waals surface area contributed by atoms with Gasteiger partial charge in [0.2, 0.25) is 0 Å². The third-order valence-electron chi connectivity index (χ3n) is 0.956. The zero-order valence-corrected chi connectivity index (χ0v) is 5.61. The normalized spacial score (nSPS) is 10.4. The van der Waals surface area contributed by atoms with Crippen LogP contribution in [-0.2, 0) is 0 Å². The Morgan fingerprint density at radius 2 is 2.62 bits per heavy atom. The monoisotopic (exact) mass is 126 g/mol. The number of hydrogen-bond acceptors (Lipinski definition) is 2. The molecule has 0 aliphatic rings. The van der Waals surface area contributed by atoms with Gasteiger partial charge in [0.05, 0.1) is 11.2 Å². The second-order valence-corrected chi connectivity index (χ2v) is 2.53. The van der Waals surface area contributed by atoms with Crippen LogP contribution in [0.25, 0.3) is 0 Å². The van der Waals surface area contributed by atoms with Gasteiger partial charge in [0.15, 0.2) is 0 Å². The lowest BCUT2D eigenvalue weighted by Gasteiger charge is -1.94. The van der Waals surface area contributed by atoms with E-state index in [0.29, 0.717) is 5.92 Å². The summed E-state index contributed by atoms with van der Waals surface area (Å²) in [6, 6.07) is 0. The van der Waals surface area contributed by atoms with E-state index in [4.69, 9.17) is 0 Å². The maximum atomic E-state index is 4.07. The summed E-state index contributed by atoms with van der Waals surface area (Å²) in [5.41, 5.74) is 2.92. The number of thiazole rings is 1. The van der Waals surface area contributed by atoms with Gasteiger partial charge in [-0.3, -0.25) is 0 Å². The topological polar surface area (TPSA) is 12.9 Å². The zero-order chi connectivity index (χ0) is 5.98. The summed E-state index contributed by atoms with van der Waals surface area (Å²) in [5, 5.41) is 2.03. The lowest BCUT2D eigenvalue weighted by molar-refractivity contribution is 0.919. The van der Waals surface area contributed by atoms with Gasteiger partial charge in [-0.15, -0.1) is 11.3 Å². The van der Waals surface area contributed by atoms with Crippen LogP contribution in [0.1, 0.15) is 18.5 Å². The van der Waals surface area contributed by atoms with Crippen LogP contribution >= 0.6 is 11.3 Å². The Balaban J connectivity index is 2.77. The van der Waals surface area contributed by atoms with Crippen LogP contribution in [0.3, 0.4) is 0 Å². The van der Waals surface area contributed by atoms with Gasteiger partial charge in [-0.05, 0) is 12.8 Å². The van der Waals surface area contributed by atoms with E-state index in [-0.39, 0.29) is 0 Å². The molecule has 1 nitrogen and oxygen atoms in total. The van der Waals surface area contributed by atoms with Gasteiger partial charge < -0.3 is 0 Å². The van der Waals surface area contributed by atoms with Crippen molar-refractivity contribution in [3.8, 4) is 0 Å². The summed E-state index contributed by atoms with van der Waals surface area (Å²) >= 11 is 1.62. The first-order valence-electron chi connectivity index (χ1n) is 2.52. The zero-order valence-electron chi connectivity index (χ0n) is 4.79. The molecular formula is C6H8NS. The average Bonchev–Trinajstić information content (AvgIpc) is 2.12. The highest BCUT2D eigenvalue weighted by Gasteiger charge is 1.97. The van der Waals surface area contributed by atoms with Crippen LogP contribution < -0.4 is 0 Å². The lowest BCUT2D eigenvalue weighted by Crippen LogP contribution is -1.84. The predicted octanol–water partition coefficient (Wildman–Crippen LogP) is 2.08. The molecule has 0 spiro atoms.